The zero-order valence-electron chi connectivity index (χ0n) is 11.6. The predicted octanol–water partition coefficient (Wildman–Crippen LogP) is 1.78. The fourth-order valence-electron chi connectivity index (χ4n) is 3.07. The summed E-state index contributed by atoms with van der Waals surface area (Å²) in [4.78, 5) is 37.1. The number of amides is 2. The minimum Gasteiger partial charge on any atom is -0.481 e. The van der Waals surface area contributed by atoms with Crippen LogP contribution in [0.15, 0.2) is 30.3 Å². The van der Waals surface area contributed by atoms with Gasteiger partial charge >= 0.3 is 5.97 Å². The Kier molecular flexibility index (Phi) is 3.49. The summed E-state index contributed by atoms with van der Waals surface area (Å²) in [6.07, 6.45) is 1.78. The molecule has 0 bridgehead atoms. The molecule has 1 aliphatic heterocycles. The molecule has 2 amide bonds. The van der Waals surface area contributed by atoms with E-state index in [4.69, 9.17) is 5.11 Å². The number of hydrogen-bond donors (Lipinski definition) is 1. The van der Waals surface area contributed by atoms with Gasteiger partial charge in [-0.1, -0.05) is 30.3 Å². The maximum Gasteiger partial charge on any atom is 0.305 e. The molecule has 5 nitrogen and oxygen atoms in total. The van der Waals surface area contributed by atoms with Crippen LogP contribution < -0.4 is 0 Å². The zero-order valence-corrected chi connectivity index (χ0v) is 11.6. The number of aliphatic carboxylic acids is 1. The maximum atomic E-state index is 12.6. The number of nitrogens with zero attached hydrogens (tertiary/aromatic N) is 1. The highest BCUT2D eigenvalue weighted by Gasteiger charge is 2.48. The van der Waals surface area contributed by atoms with Gasteiger partial charge in [-0.15, -0.1) is 0 Å². The van der Waals surface area contributed by atoms with Crippen LogP contribution in [0.2, 0.25) is 0 Å². The Hall–Kier alpha value is -2.17. The van der Waals surface area contributed by atoms with E-state index in [1.807, 2.05) is 30.3 Å². The van der Waals surface area contributed by atoms with E-state index in [1.54, 1.807) is 0 Å². The molecule has 1 aromatic rings. The van der Waals surface area contributed by atoms with Crippen LogP contribution in [-0.2, 0) is 14.4 Å². The third-order valence-electron chi connectivity index (χ3n) is 4.27. The summed E-state index contributed by atoms with van der Waals surface area (Å²) in [6.45, 7) is 0. The summed E-state index contributed by atoms with van der Waals surface area (Å²) < 4.78 is 0. The largest absolute Gasteiger partial charge is 0.481 e. The van der Waals surface area contributed by atoms with Gasteiger partial charge in [-0.3, -0.25) is 19.3 Å². The van der Waals surface area contributed by atoms with E-state index in [9.17, 15) is 14.4 Å². The molecule has 2 fully saturated rings. The molecule has 0 aromatic heterocycles. The molecule has 2 aliphatic rings. The van der Waals surface area contributed by atoms with Crippen molar-refractivity contribution in [1.29, 1.82) is 0 Å². The Morgan fingerprint density at radius 3 is 2.48 bits per heavy atom. The number of rotatable bonds is 5. The normalized spacial score (nSPS) is 23.4. The Morgan fingerprint density at radius 2 is 1.90 bits per heavy atom. The van der Waals surface area contributed by atoms with Crippen LogP contribution in [0.5, 0.6) is 0 Å². The van der Waals surface area contributed by atoms with Crippen molar-refractivity contribution in [3.05, 3.63) is 35.9 Å². The molecule has 2 atom stereocenters. The topological polar surface area (TPSA) is 74.7 Å². The number of carboxylic acid groups (broad SMARTS) is 1. The SMILES string of the molecule is O=C(O)CC(C1CC1)N1C(=O)CC(c2ccccc2)C1=O. The lowest BCUT2D eigenvalue weighted by atomic mass is 9.97. The van der Waals surface area contributed by atoms with E-state index in [-0.39, 0.29) is 30.6 Å². The summed E-state index contributed by atoms with van der Waals surface area (Å²) in [7, 11) is 0. The van der Waals surface area contributed by atoms with Gasteiger partial charge in [0.05, 0.1) is 18.4 Å². The number of carbonyl (C=O) groups is 3. The van der Waals surface area contributed by atoms with Gasteiger partial charge in [-0.2, -0.15) is 0 Å². The standard InChI is InChI=1S/C16H17NO4/c18-14-8-12(10-4-2-1-3-5-10)16(21)17(14)13(9-15(19)20)11-6-7-11/h1-5,11-13H,6-9H2,(H,19,20). The molecule has 0 radical (unpaired) electrons. The second kappa shape index (κ2) is 5.31. The number of benzene rings is 1. The van der Waals surface area contributed by atoms with Crippen molar-refractivity contribution in [2.75, 3.05) is 0 Å². The first kappa shape index (κ1) is 13.8. The quantitative estimate of drug-likeness (QED) is 0.838. The Labute approximate surface area is 122 Å². The monoisotopic (exact) mass is 287 g/mol. The van der Waals surface area contributed by atoms with Crippen molar-refractivity contribution in [3.63, 3.8) is 0 Å². The smallest absolute Gasteiger partial charge is 0.305 e. The first-order chi connectivity index (χ1) is 10.1. The van der Waals surface area contributed by atoms with Gasteiger partial charge in [0.2, 0.25) is 11.8 Å². The van der Waals surface area contributed by atoms with Crippen LogP contribution in [0.25, 0.3) is 0 Å². The molecule has 1 saturated carbocycles. The molecular weight excluding hydrogens is 270 g/mol. The third-order valence-corrected chi connectivity index (χ3v) is 4.27. The summed E-state index contributed by atoms with van der Waals surface area (Å²) in [5, 5.41) is 9.03. The van der Waals surface area contributed by atoms with E-state index < -0.39 is 17.9 Å². The van der Waals surface area contributed by atoms with E-state index in [1.165, 1.54) is 4.90 Å². The molecule has 0 spiro atoms. The van der Waals surface area contributed by atoms with Crippen LogP contribution >= 0.6 is 0 Å². The molecule has 1 saturated heterocycles. The molecule has 21 heavy (non-hydrogen) atoms. The molecule has 3 rings (SSSR count). The summed E-state index contributed by atoms with van der Waals surface area (Å²) in [5.41, 5.74) is 0.822. The van der Waals surface area contributed by atoms with Crippen molar-refractivity contribution >= 4 is 17.8 Å². The van der Waals surface area contributed by atoms with Gasteiger partial charge in [-0.05, 0) is 24.3 Å². The van der Waals surface area contributed by atoms with E-state index in [0.717, 1.165) is 18.4 Å². The van der Waals surface area contributed by atoms with Gasteiger partial charge in [0, 0.05) is 6.42 Å². The van der Waals surface area contributed by atoms with Gasteiger partial charge in [0.25, 0.3) is 0 Å². The van der Waals surface area contributed by atoms with Crippen molar-refractivity contribution in [1.82, 2.24) is 4.90 Å². The minimum absolute atomic E-state index is 0.145. The number of imide groups is 1. The van der Waals surface area contributed by atoms with Crippen LogP contribution in [0.3, 0.4) is 0 Å². The highest BCUT2D eigenvalue weighted by atomic mass is 16.4. The zero-order chi connectivity index (χ0) is 15.0. The first-order valence-electron chi connectivity index (χ1n) is 7.20. The average Bonchev–Trinajstić information content (AvgIpc) is 3.24. The summed E-state index contributed by atoms with van der Waals surface area (Å²) in [6, 6.07) is 8.73. The van der Waals surface area contributed by atoms with E-state index >= 15 is 0 Å². The number of carboxylic acids is 1. The van der Waals surface area contributed by atoms with Crippen LogP contribution in [-0.4, -0.2) is 33.8 Å². The molecule has 1 aromatic carbocycles. The number of carbonyl (C=O) groups excluding carboxylic acids is 2. The minimum atomic E-state index is -0.962. The van der Waals surface area contributed by atoms with E-state index in [0.29, 0.717) is 0 Å². The average molecular weight is 287 g/mol. The molecule has 1 heterocycles. The van der Waals surface area contributed by atoms with Gasteiger partial charge < -0.3 is 5.11 Å². The fourth-order valence-corrected chi connectivity index (χ4v) is 3.07. The third kappa shape index (κ3) is 2.68. The van der Waals surface area contributed by atoms with Crippen LogP contribution in [0, 0.1) is 5.92 Å². The lowest BCUT2D eigenvalue weighted by molar-refractivity contribution is -0.145. The van der Waals surface area contributed by atoms with Crippen LogP contribution in [0.1, 0.15) is 37.2 Å². The second-order valence-electron chi connectivity index (χ2n) is 5.77. The first-order valence-corrected chi connectivity index (χ1v) is 7.20. The fraction of sp³-hybridized carbons (Fsp3) is 0.438. The molecule has 1 N–H and O–H groups in total. The van der Waals surface area contributed by atoms with Crippen molar-refractivity contribution in [3.8, 4) is 0 Å². The van der Waals surface area contributed by atoms with Crippen molar-refractivity contribution in [2.24, 2.45) is 5.92 Å². The molecule has 5 heteroatoms. The Bertz CT molecular complexity index is 579. The van der Waals surface area contributed by atoms with E-state index in [2.05, 4.69) is 0 Å². The molecule has 110 valence electrons. The highest BCUT2D eigenvalue weighted by Crippen LogP contribution is 2.41. The summed E-state index contributed by atoms with van der Waals surface area (Å²) in [5.74, 6) is -1.76. The van der Waals surface area contributed by atoms with Crippen molar-refractivity contribution < 1.29 is 19.5 Å². The molecule has 2 unspecified atom stereocenters. The predicted molar refractivity (Wildman–Crippen MR) is 74.4 cm³/mol. The maximum absolute atomic E-state index is 12.6. The summed E-state index contributed by atoms with van der Waals surface area (Å²) >= 11 is 0. The number of likely N-dealkylation sites (tertiary alicyclic amines) is 1. The highest BCUT2D eigenvalue weighted by molar-refractivity contribution is 6.06. The lowest BCUT2D eigenvalue weighted by Gasteiger charge is -2.25. The second-order valence-corrected chi connectivity index (χ2v) is 5.77. The number of hydrogen-bond acceptors (Lipinski definition) is 3. The van der Waals surface area contributed by atoms with Crippen LogP contribution in [0.4, 0.5) is 0 Å². The van der Waals surface area contributed by atoms with Gasteiger partial charge in [0.15, 0.2) is 0 Å². The van der Waals surface area contributed by atoms with Gasteiger partial charge in [-0.25, -0.2) is 0 Å². The molecule has 1 aliphatic carbocycles. The van der Waals surface area contributed by atoms with Crippen molar-refractivity contribution in [2.45, 2.75) is 37.6 Å². The molecular formula is C16H17NO4. The van der Waals surface area contributed by atoms with Gasteiger partial charge in [0.1, 0.15) is 0 Å². The Morgan fingerprint density at radius 1 is 1.24 bits per heavy atom. The Balaban J connectivity index is 1.84. The lowest BCUT2D eigenvalue weighted by Crippen LogP contribution is -2.42.